The Morgan fingerprint density at radius 3 is 2.72 bits per heavy atom. The van der Waals surface area contributed by atoms with Gasteiger partial charge < -0.3 is 20.1 Å². The van der Waals surface area contributed by atoms with Crippen LogP contribution in [0.15, 0.2) is 18.2 Å². The largest absolute Gasteiger partial charge is 0.379 e. The molecule has 2 saturated heterocycles. The molecule has 0 bridgehead atoms. The van der Waals surface area contributed by atoms with Crippen LogP contribution in [0.25, 0.3) is 0 Å². The number of amides is 1. The van der Waals surface area contributed by atoms with E-state index >= 15 is 0 Å². The van der Waals surface area contributed by atoms with Gasteiger partial charge in [0, 0.05) is 38.4 Å². The number of anilines is 1. The predicted molar refractivity (Wildman–Crippen MR) is 103 cm³/mol. The van der Waals surface area contributed by atoms with Crippen LogP contribution in [0.1, 0.15) is 11.1 Å². The Balaban J connectivity index is 0.00000156. The van der Waals surface area contributed by atoms with Crippen molar-refractivity contribution < 1.29 is 14.3 Å². The highest BCUT2D eigenvalue weighted by Gasteiger charge is 2.22. The fraction of sp³-hybridized carbons (Fsp3) is 0.588. The minimum atomic E-state index is -0.411. The summed E-state index contributed by atoms with van der Waals surface area (Å²) in [6.07, 6.45) is -0.411. The van der Waals surface area contributed by atoms with E-state index in [4.69, 9.17) is 9.47 Å². The smallest absolute Gasteiger partial charge is 0.254 e. The summed E-state index contributed by atoms with van der Waals surface area (Å²) in [5.74, 6) is -0.0798. The summed E-state index contributed by atoms with van der Waals surface area (Å²) in [6, 6.07) is 6.25. The molecule has 0 aliphatic carbocycles. The molecule has 142 valence electrons. The maximum absolute atomic E-state index is 12.3. The van der Waals surface area contributed by atoms with Gasteiger partial charge in [-0.3, -0.25) is 9.69 Å². The maximum atomic E-state index is 12.3. The number of nitrogens with zero attached hydrogens (tertiary/aromatic N) is 1. The van der Waals surface area contributed by atoms with Gasteiger partial charge in [0.05, 0.1) is 19.8 Å². The van der Waals surface area contributed by atoms with Crippen molar-refractivity contribution in [3.8, 4) is 0 Å². The summed E-state index contributed by atoms with van der Waals surface area (Å²) in [5, 5.41) is 6.19. The molecular weight excluding hydrogens is 365 g/mol. The average Bonchev–Trinajstić information content (AvgIpc) is 2.59. The Bertz CT molecular complexity index is 548. The van der Waals surface area contributed by atoms with Crippen LogP contribution >= 0.6 is 24.8 Å². The molecule has 6 nitrogen and oxygen atoms in total. The third-order valence-electron chi connectivity index (χ3n) is 4.29. The number of hydrogen-bond donors (Lipinski definition) is 2. The van der Waals surface area contributed by atoms with Crippen molar-refractivity contribution in [2.24, 2.45) is 0 Å². The average molecular weight is 392 g/mol. The number of hydrogen-bond acceptors (Lipinski definition) is 5. The van der Waals surface area contributed by atoms with Crippen molar-refractivity contribution in [1.82, 2.24) is 10.2 Å². The van der Waals surface area contributed by atoms with Crippen LogP contribution in [0, 0.1) is 6.92 Å². The van der Waals surface area contributed by atoms with Crippen molar-refractivity contribution in [2.75, 3.05) is 51.3 Å². The first-order valence-electron chi connectivity index (χ1n) is 8.25. The lowest BCUT2D eigenvalue weighted by molar-refractivity contribution is -0.128. The van der Waals surface area contributed by atoms with Gasteiger partial charge in [0.1, 0.15) is 6.10 Å². The van der Waals surface area contributed by atoms with Gasteiger partial charge in [0.25, 0.3) is 5.91 Å². The van der Waals surface area contributed by atoms with Crippen LogP contribution in [-0.4, -0.2) is 62.9 Å². The van der Waals surface area contributed by atoms with Crippen molar-refractivity contribution in [3.63, 3.8) is 0 Å². The molecule has 0 spiro atoms. The summed E-state index contributed by atoms with van der Waals surface area (Å²) >= 11 is 0. The highest BCUT2D eigenvalue weighted by Crippen LogP contribution is 2.19. The number of benzene rings is 1. The summed E-state index contributed by atoms with van der Waals surface area (Å²) < 4.78 is 10.9. The number of morpholine rings is 2. The number of nitrogens with one attached hydrogen (secondary N) is 2. The van der Waals surface area contributed by atoms with Crippen LogP contribution in [0.4, 0.5) is 5.69 Å². The number of carbonyl (C=O) groups is 1. The third-order valence-corrected chi connectivity index (χ3v) is 4.29. The lowest BCUT2D eigenvalue weighted by Gasteiger charge is -2.27. The number of halogens is 2. The molecule has 25 heavy (non-hydrogen) atoms. The molecule has 1 amide bonds. The number of rotatable bonds is 4. The first-order valence-corrected chi connectivity index (χ1v) is 8.25. The lowest BCUT2D eigenvalue weighted by atomic mass is 10.1. The van der Waals surface area contributed by atoms with E-state index in [-0.39, 0.29) is 30.7 Å². The van der Waals surface area contributed by atoms with E-state index in [0.717, 1.165) is 50.6 Å². The molecule has 0 aromatic heterocycles. The van der Waals surface area contributed by atoms with E-state index < -0.39 is 6.10 Å². The second kappa shape index (κ2) is 11.0. The van der Waals surface area contributed by atoms with E-state index in [1.165, 1.54) is 5.56 Å². The highest BCUT2D eigenvalue weighted by molar-refractivity contribution is 5.95. The standard InChI is InChI=1S/C17H25N3O3.2ClH/c1-13-2-3-14(12-20-5-8-22-9-6-20)10-15(13)19-17(21)16-11-18-4-7-23-16;;/h2-3,10,16,18H,4-9,11-12H2,1H3,(H,19,21);2*1H. The quantitative estimate of drug-likeness (QED) is 0.815. The zero-order valence-corrected chi connectivity index (χ0v) is 16.1. The highest BCUT2D eigenvalue weighted by atomic mass is 35.5. The van der Waals surface area contributed by atoms with E-state index in [9.17, 15) is 4.79 Å². The Morgan fingerprint density at radius 2 is 2.04 bits per heavy atom. The van der Waals surface area contributed by atoms with Gasteiger partial charge in [-0.05, 0) is 24.1 Å². The Kier molecular flexibility index (Phi) is 9.71. The zero-order chi connectivity index (χ0) is 16.1. The molecular formula is C17H27Cl2N3O3. The van der Waals surface area contributed by atoms with Gasteiger partial charge in [-0.15, -0.1) is 24.8 Å². The van der Waals surface area contributed by atoms with Gasteiger partial charge in [-0.2, -0.15) is 0 Å². The van der Waals surface area contributed by atoms with Gasteiger partial charge in [0.2, 0.25) is 0 Å². The molecule has 2 N–H and O–H groups in total. The first kappa shape index (κ1) is 22.2. The van der Waals surface area contributed by atoms with E-state index in [2.05, 4.69) is 33.7 Å². The monoisotopic (exact) mass is 391 g/mol. The van der Waals surface area contributed by atoms with Crippen molar-refractivity contribution in [1.29, 1.82) is 0 Å². The fourth-order valence-corrected chi connectivity index (χ4v) is 2.87. The van der Waals surface area contributed by atoms with Crippen LogP contribution in [0.2, 0.25) is 0 Å². The molecule has 2 fully saturated rings. The Morgan fingerprint density at radius 1 is 1.28 bits per heavy atom. The summed E-state index contributed by atoms with van der Waals surface area (Å²) in [5.41, 5.74) is 3.14. The molecule has 1 aromatic carbocycles. The molecule has 2 heterocycles. The molecule has 3 rings (SSSR count). The first-order chi connectivity index (χ1) is 11.2. The van der Waals surface area contributed by atoms with Crippen molar-refractivity contribution in [2.45, 2.75) is 19.6 Å². The van der Waals surface area contributed by atoms with Crippen LogP contribution in [0.5, 0.6) is 0 Å². The van der Waals surface area contributed by atoms with Gasteiger partial charge in [-0.25, -0.2) is 0 Å². The summed E-state index contributed by atoms with van der Waals surface area (Å²) in [6.45, 7) is 8.34. The van der Waals surface area contributed by atoms with E-state index in [1.807, 2.05) is 6.92 Å². The molecule has 1 unspecified atom stereocenters. The molecule has 2 aliphatic heterocycles. The lowest BCUT2D eigenvalue weighted by Crippen LogP contribution is -2.45. The maximum Gasteiger partial charge on any atom is 0.254 e. The Labute approximate surface area is 161 Å². The van der Waals surface area contributed by atoms with Crippen LogP contribution < -0.4 is 10.6 Å². The SMILES string of the molecule is Cc1ccc(CN2CCOCC2)cc1NC(=O)C1CNCCO1.Cl.Cl. The molecule has 8 heteroatoms. The summed E-state index contributed by atoms with van der Waals surface area (Å²) in [7, 11) is 0. The second-order valence-corrected chi connectivity index (χ2v) is 6.09. The van der Waals surface area contributed by atoms with Crippen molar-refractivity contribution in [3.05, 3.63) is 29.3 Å². The third kappa shape index (κ3) is 6.40. The number of aryl methyl sites for hydroxylation is 1. The molecule has 2 aliphatic rings. The Hall–Kier alpha value is -0.890. The minimum absolute atomic E-state index is 0. The van der Waals surface area contributed by atoms with Crippen LogP contribution in [-0.2, 0) is 20.8 Å². The topological polar surface area (TPSA) is 62.8 Å². The van der Waals surface area contributed by atoms with Crippen molar-refractivity contribution >= 4 is 36.4 Å². The zero-order valence-electron chi connectivity index (χ0n) is 14.5. The summed E-state index contributed by atoms with van der Waals surface area (Å²) in [4.78, 5) is 14.7. The predicted octanol–water partition coefficient (Wildman–Crippen LogP) is 1.60. The van der Waals surface area contributed by atoms with Gasteiger partial charge in [0.15, 0.2) is 0 Å². The molecule has 0 saturated carbocycles. The molecule has 0 radical (unpaired) electrons. The molecule has 1 aromatic rings. The van der Waals surface area contributed by atoms with Crippen LogP contribution in [0.3, 0.4) is 0 Å². The van der Waals surface area contributed by atoms with E-state index in [1.54, 1.807) is 0 Å². The number of carbonyl (C=O) groups excluding carboxylic acids is 1. The van der Waals surface area contributed by atoms with Gasteiger partial charge in [-0.1, -0.05) is 12.1 Å². The second-order valence-electron chi connectivity index (χ2n) is 6.09. The normalized spacial score (nSPS) is 20.9. The van der Waals surface area contributed by atoms with E-state index in [0.29, 0.717) is 13.2 Å². The number of ether oxygens (including phenoxy) is 2. The van der Waals surface area contributed by atoms with Gasteiger partial charge >= 0.3 is 0 Å². The molecule has 1 atom stereocenters. The fourth-order valence-electron chi connectivity index (χ4n) is 2.87. The minimum Gasteiger partial charge on any atom is -0.379 e.